The van der Waals surface area contributed by atoms with E-state index in [2.05, 4.69) is 0 Å². The summed E-state index contributed by atoms with van der Waals surface area (Å²) < 4.78 is 16.1. The van der Waals surface area contributed by atoms with Crippen LogP contribution < -0.4 is 19.9 Å². The van der Waals surface area contributed by atoms with Crippen molar-refractivity contribution in [1.82, 2.24) is 0 Å². The molecule has 0 unspecified atom stereocenters. The number of hydrogen-bond acceptors (Lipinski definition) is 4. The molecule has 4 heteroatoms. The van der Waals surface area contributed by atoms with Crippen molar-refractivity contribution in [3.05, 3.63) is 17.7 Å². The van der Waals surface area contributed by atoms with E-state index in [-0.39, 0.29) is 6.04 Å². The van der Waals surface area contributed by atoms with Gasteiger partial charge in [-0.15, -0.1) is 0 Å². The van der Waals surface area contributed by atoms with Gasteiger partial charge in [-0.2, -0.15) is 0 Å². The van der Waals surface area contributed by atoms with Crippen molar-refractivity contribution in [2.24, 2.45) is 11.7 Å². The summed E-state index contributed by atoms with van der Waals surface area (Å²) in [6.45, 7) is 0. The zero-order chi connectivity index (χ0) is 13.1. The van der Waals surface area contributed by atoms with E-state index in [0.29, 0.717) is 5.75 Å². The summed E-state index contributed by atoms with van der Waals surface area (Å²) in [5.74, 6) is 2.95. The zero-order valence-corrected chi connectivity index (χ0v) is 11.2. The normalized spacial score (nSPS) is 16.2. The molecular formula is C14H21NO3. The van der Waals surface area contributed by atoms with E-state index >= 15 is 0 Å². The Bertz CT molecular complexity index is 390. The first-order valence-corrected chi connectivity index (χ1v) is 6.25. The lowest BCUT2D eigenvalue weighted by molar-refractivity contribution is 0.361. The Morgan fingerprint density at radius 1 is 1.11 bits per heavy atom. The molecule has 0 heterocycles. The van der Waals surface area contributed by atoms with Crippen molar-refractivity contribution in [2.45, 2.75) is 25.3 Å². The Labute approximate surface area is 108 Å². The van der Waals surface area contributed by atoms with Crippen LogP contribution in [0.2, 0.25) is 0 Å². The molecule has 0 amide bonds. The summed E-state index contributed by atoms with van der Waals surface area (Å²) in [6, 6.07) is 3.66. The van der Waals surface area contributed by atoms with Gasteiger partial charge in [0.05, 0.1) is 26.9 Å². The second-order valence-corrected chi connectivity index (χ2v) is 4.73. The fraction of sp³-hybridized carbons (Fsp3) is 0.571. The van der Waals surface area contributed by atoms with Gasteiger partial charge in [-0.1, -0.05) is 12.8 Å². The van der Waals surface area contributed by atoms with Crippen LogP contribution in [0.15, 0.2) is 12.1 Å². The second kappa shape index (κ2) is 5.48. The number of methoxy groups -OCH3 is 3. The molecule has 100 valence electrons. The van der Waals surface area contributed by atoms with Crippen LogP contribution >= 0.6 is 0 Å². The summed E-state index contributed by atoms with van der Waals surface area (Å²) in [5.41, 5.74) is 7.22. The molecule has 0 saturated heterocycles. The minimum atomic E-state index is -0.0479. The van der Waals surface area contributed by atoms with Gasteiger partial charge in [0.15, 0.2) is 0 Å². The highest BCUT2D eigenvalue weighted by Crippen LogP contribution is 2.43. The van der Waals surface area contributed by atoms with E-state index in [4.69, 9.17) is 19.9 Å². The lowest BCUT2D eigenvalue weighted by Gasteiger charge is -2.19. The maximum Gasteiger partial charge on any atom is 0.131 e. The Morgan fingerprint density at radius 3 is 2.06 bits per heavy atom. The molecule has 1 saturated carbocycles. The fourth-order valence-electron chi connectivity index (χ4n) is 2.23. The molecule has 0 bridgehead atoms. The Balaban J connectivity index is 2.34. The molecule has 2 N–H and O–H groups in total. The number of nitrogens with two attached hydrogens (primary N) is 1. The van der Waals surface area contributed by atoms with Crippen molar-refractivity contribution < 1.29 is 14.2 Å². The first-order chi connectivity index (χ1) is 8.69. The number of hydrogen-bond donors (Lipinski definition) is 1. The van der Waals surface area contributed by atoms with Crippen LogP contribution in [0.5, 0.6) is 17.2 Å². The predicted molar refractivity (Wildman–Crippen MR) is 70.4 cm³/mol. The van der Waals surface area contributed by atoms with Gasteiger partial charge in [0.2, 0.25) is 0 Å². The number of ether oxygens (including phenoxy) is 3. The van der Waals surface area contributed by atoms with Crippen molar-refractivity contribution in [3.8, 4) is 17.2 Å². The van der Waals surface area contributed by atoms with E-state index in [0.717, 1.165) is 29.4 Å². The van der Waals surface area contributed by atoms with Crippen molar-refractivity contribution in [2.75, 3.05) is 21.3 Å². The molecule has 2 rings (SSSR count). The molecule has 18 heavy (non-hydrogen) atoms. The van der Waals surface area contributed by atoms with Crippen LogP contribution in [-0.4, -0.2) is 21.3 Å². The van der Waals surface area contributed by atoms with Crippen molar-refractivity contribution >= 4 is 0 Å². The molecule has 0 radical (unpaired) electrons. The third-order valence-corrected chi connectivity index (χ3v) is 3.41. The molecule has 0 aliphatic heterocycles. The fourth-order valence-corrected chi connectivity index (χ4v) is 2.23. The standard InChI is InChI=1S/C14H21NO3/c1-16-10-7-12(17-2)14(13(8-10)18-3)11(15)6-9-4-5-9/h7-9,11H,4-6,15H2,1-3H3/t11-/m1/s1. The van der Waals surface area contributed by atoms with E-state index in [1.54, 1.807) is 21.3 Å². The summed E-state index contributed by atoms with van der Waals surface area (Å²) in [6.07, 6.45) is 3.56. The van der Waals surface area contributed by atoms with Gasteiger partial charge in [0.25, 0.3) is 0 Å². The maximum absolute atomic E-state index is 6.28. The van der Waals surface area contributed by atoms with Crippen LogP contribution in [0.4, 0.5) is 0 Å². The Kier molecular flexibility index (Phi) is 3.97. The second-order valence-electron chi connectivity index (χ2n) is 4.73. The lowest BCUT2D eigenvalue weighted by atomic mass is 9.99. The first kappa shape index (κ1) is 13.0. The molecule has 1 aliphatic carbocycles. The third-order valence-electron chi connectivity index (χ3n) is 3.41. The SMILES string of the molecule is COc1cc(OC)c([C@H](N)CC2CC2)c(OC)c1. The lowest BCUT2D eigenvalue weighted by Crippen LogP contribution is -2.14. The molecule has 4 nitrogen and oxygen atoms in total. The van der Waals surface area contributed by atoms with Gasteiger partial charge in [0.1, 0.15) is 17.2 Å². The molecule has 1 aromatic carbocycles. The quantitative estimate of drug-likeness (QED) is 0.844. The van der Waals surface area contributed by atoms with Crippen LogP contribution in [0.25, 0.3) is 0 Å². The largest absolute Gasteiger partial charge is 0.496 e. The van der Waals surface area contributed by atoms with Crippen molar-refractivity contribution in [3.63, 3.8) is 0 Å². The summed E-state index contributed by atoms with van der Waals surface area (Å²) in [4.78, 5) is 0. The van der Waals surface area contributed by atoms with E-state index in [9.17, 15) is 0 Å². The molecule has 1 aromatic rings. The van der Waals surface area contributed by atoms with E-state index in [1.807, 2.05) is 12.1 Å². The summed E-state index contributed by atoms with van der Waals surface area (Å²) in [5, 5.41) is 0. The maximum atomic E-state index is 6.28. The van der Waals surface area contributed by atoms with Gasteiger partial charge in [-0.05, 0) is 12.3 Å². The number of rotatable bonds is 6. The van der Waals surface area contributed by atoms with Crippen LogP contribution in [0.3, 0.4) is 0 Å². The highest BCUT2D eigenvalue weighted by molar-refractivity contribution is 5.52. The molecule has 1 fully saturated rings. The van der Waals surface area contributed by atoms with E-state index < -0.39 is 0 Å². The number of benzene rings is 1. The Morgan fingerprint density at radius 2 is 1.67 bits per heavy atom. The predicted octanol–water partition coefficient (Wildman–Crippen LogP) is 2.51. The molecule has 0 aromatic heterocycles. The highest BCUT2D eigenvalue weighted by atomic mass is 16.5. The monoisotopic (exact) mass is 251 g/mol. The van der Waals surface area contributed by atoms with Crippen LogP contribution in [0, 0.1) is 5.92 Å². The minimum absolute atomic E-state index is 0.0479. The van der Waals surface area contributed by atoms with Gasteiger partial charge < -0.3 is 19.9 Å². The molecule has 0 spiro atoms. The highest BCUT2D eigenvalue weighted by Gasteiger charge is 2.28. The third kappa shape index (κ3) is 2.70. The smallest absolute Gasteiger partial charge is 0.131 e. The summed E-state index contributed by atoms with van der Waals surface area (Å²) in [7, 11) is 4.90. The summed E-state index contributed by atoms with van der Waals surface area (Å²) >= 11 is 0. The molecule has 1 atom stereocenters. The average Bonchev–Trinajstić information content (AvgIpc) is 3.20. The van der Waals surface area contributed by atoms with Gasteiger partial charge in [-0.3, -0.25) is 0 Å². The average molecular weight is 251 g/mol. The van der Waals surface area contributed by atoms with E-state index in [1.165, 1.54) is 12.8 Å². The minimum Gasteiger partial charge on any atom is -0.496 e. The topological polar surface area (TPSA) is 53.7 Å². The van der Waals surface area contributed by atoms with Gasteiger partial charge in [-0.25, -0.2) is 0 Å². The Hall–Kier alpha value is -1.42. The zero-order valence-electron chi connectivity index (χ0n) is 11.2. The first-order valence-electron chi connectivity index (χ1n) is 6.25. The van der Waals surface area contributed by atoms with Crippen LogP contribution in [0.1, 0.15) is 30.9 Å². The van der Waals surface area contributed by atoms with Crippen molar-refractivity contribution in [1.29, 1.82) is 0 Å². The molecular weight excluding hydrogens is 230 g/mol. The van der Waals surface area contributed by atoms with Gasteiger partial charge in [0, 0.05) is 18.2 Å². The molecule has 1 aliphatic rings. The van der Waals surface area contributed by atoms with Crippen LogP contribution in [-0.2, 0) is 0 Å². The van der Waals surface area contributed by atoms with Gasteiger partial charge >= 0.3 is 0 Å².